The van der Waals surface area contributed by atoms with Gasteiger partial charge in [0.2, 0.25) is 0 Å². The highest BCUT2D eigenvalue weighted by Gasteiger charge is 2.03. The quantitative estimate of drug-likeness (QED) is 0.352. The van der Waals surface area contributed by atoms with Gasteiger partial charge in [0.15, 0.2) is 0 Å². The Kier molecular flexibility index (Phi) is 5.00. The first-order valence-corrected chi connectivity index (χ1v) is 4.82. The van der Waals surface area contributed by atoms with Gasteiger partial charge in [-0.15, -0.1) is 0 Å². The summed E-state index contributed by atoms with van der Waals surface area (Å²) in [5.74, 6) is 0.455. The summed E-state index contributed by atoms with van der Waals surface area (Å²) in [4.78, 5) is 0. The molecule has 0 aromatic heterocycles. The minimum Gasteiger partial charge on any atom is -0.330 e. The van der Waals surface area contributed by atoms with Crippen molar-refractivity contribution < 1.29 is 16.6 Å². The van der Waals surface area contributed by atoms with E-state index in [9.17, 15) is 8.42 Å². The fourth-order valence-corrected chi connectivity index (χ4v) is 1.28. The van der Waals surface area contributed by atoms with Crippen molar-refractivity contribution in [2.75, 3.05) is 12.3 Å². The second-order valence-electron chi connectivity index (χ2n) is 1.46. The summed E-state index contributed by atoms with van der Waals surface area (Å²) in [5.41, 5.74) is 5.10. The van der Waals surface area contributed by atoms with E-state index in [-0.39, 0.29) is 0 Å². The van der Waals surface area contributed by atoms with Gasteiger partial charge in [-0.3, -0.25) is 4.55 Å². The molecule has 62 valence electrons. The normalized spacial score (nSPS) is 11.8. The Morgan fingerprint density at radius 3 is 2.60 bits per heavy atom. The monoisotopic (exact) mass is 187 g/mol. The van der Waals surface area contributed by atoms with Crippen LogP contribution in [0, 0.1) is 0 Å². The summed E-state index contributed by atoms with van der Waals surface area (Å²) >= 11 is 0.667. The topological polar surface area (TPSA) is 89.6 Å². The molecule has 0 aliphatic carbocycles. The molecule has 0 fully saturated rings. The third-order valence-electron chi connectivity index (χ3n) is 0.566. The average molecular weight is 187 g/mol. The Bertz CT molecular complexity index is 165. The standard InChI is InChI=1S/C3H9NO4S2/c4-2-1-3-9-8-10(5,6)7/h1-4H2,(H,5,6,7). The molecule has 0 amide bonds. The van der Waals surface area contributed by atoms with Crippen LogP contribution in [0.1, 0.15) is 6.42 Å². The molecule has 5 nitrogen and oxygen atoms in total. The molecular weight excluding hydrogens is 178 g/mol. The van der Waals surface area contributed by atoms with Gasteiger partial charge in [-0.05, 0) is 13.0 Å². The third kappa shape index (κ3) is 8.18. The first-order valence-electron chi connectivity index (χ1n) is 2.55. The van der Waals surface area contributed by atoms with Gasteiger partial charge in [0.05, 0.1) is 0 Å². The molecule has 0 atom stereocenters. The fraction of sp³-hybridized carbons (Fsp3) is 1.00. The van der Waals surface area contributed by atoms with E-state index in [1.165, 1.54) is 0 Å². The second-order valence-corrected chi connectivity index (χ2v) is 3.50. The lowest BCUT2D eigenvalue weighted by molar-refractivity contribution is 0.407. The molecule has 0 spiro atoms. The summed E-state index contributed by atoms with van der Waals surface area (Å²) in [6.45, 7) is 0.474. The van der Waals surface area contributed by atoms with Gasteiger partial charge >= 0.3 is 10.4 Å². The molecular formula is C3H9NO4S2. The minimum atomic E-state index is -4.28. The van der Waals surface area contributed by atoms with Crippen LogP contribution in [0.3, 0.4) is 0 Å². The van der Waals surface area contributed by atoms with E-state index < -0.39 is 10.4 Å². The van der Waals surface area contributed by atoms with Crippen LogP contribution in [0.5, 0.6) is 0 Å². The highest BCUT2D eigenvalue weighted by atomic mass is 32.3. The van der Waals surface area contributed by atoms with Crippen molar-refractivity contribution in [2.45, 2.75) is 6.42 Å². The van der Waals surface area contributed by atoms with Crippen LogP contribution in [-0.2, 0) is 14.0 Å². The van der Waals surface area contributed by atoms with E-state index in [1.54, 1.807) is 0 Å². The molecule has 7 heteroatoms. The van der Waals surface area contributed by atoms with Crippen LogP contribution in [-0.4, -0.2) is 25.3 Å². The minimum absolute atomic E-state index is 0.455. The summed E-state index contributed by atoms with van der Waals surface area (Å²) < 4.78 is 31.7. The Hall–Kier alpha value is 0.180. The van der Waals surface area contributed by atoms with Crippen LogP contribution in [0.4, 0.5) is 0 Å². The summed E-state index contributed by atoms with van der Waals surface area (Å²) in [5, 5.41) is 0. The molecule has 0 unspecified atom stereocenters. The fourth-order valence-electron chi connectivity index (χ4n) is 0.237. The van der Waals surface area contributed by atoms with Crippen molar-refractivity contribution in [2.24, 2.45) is 5.73 Å². The first-order chi connectivity index (χ1) is 4.56. The molecule has 0 aromatic carbocycles. The molecule has 0 rings (SSSR count). The van der Waals surface area contributed by atoms with Crippen LogP contribution in [0.15, 0.2) is 0 Å². The van der Waals surface area contributed by atoms with E-state index in [0.29, 0.717) is 30.8 Å². The Balaban J connectivity index is 3.21. The molecule has 0 aromatic rings. The Morgan fingerprint density at radius 1 is 1.60 bits per heavy atom. The van der Waals surface area contributed by atoms with Gasteiger partial charge in [0, 0.05) is 17.8 Å². The van der Waals surface area contributed by atoms with Crippen molar-refractivity contribution in [1.29, 1.82) is 0 Å². The second kappa shape index (κ2) is 4.91. The van der Waals surface area contributed by atoms with Crippen molar-refractivity contribution in [1.82, 2.24) is 0 Å². The van der Waals surface area contributed by atoms with Crippen molar-refractivity contribution in [3.63, 3.8) is 0 Å². The van der Waals surface area contributed by atoms with Crippen LogP contribution >= 0.6 is 12.0 Å². The lowest BCUT2D eigenvalue weighted by Gasteiger charge is -1.95. The molecule has 0 saturated heterocycles. The first kappa shape index (κ1) is 10.2. The molecule has 3 N–H and O–H groups in total. The molecule has 0 aliphatic heterocycles. The van der Waals surface area contributed by atoms with Crippen LogP contribution in [0.2, 0.25) is 0 Å². The molecule has 0 bridgehead atoms. The summed E-state index contributed by atoms with van der Waals surface area (Å²) in [6.07, 6.45) is 0.653. The highest BCUT2D eigenvalue weighted by Crippen LogP contribution is 2.06. The Morgan fingerprint density at radius 2 is 2.20 bits per heavy atom. The van der Waals surface area contributed by atoms with E-state index in [2.05, 4.69) is 3.63 Å². The lowest BCUT2D eigenvalue weighted by Crippen LogP contribution is -2.02. The van der Waals surface area contributed by atoms with E-state index in [1.807, 2.05) is 0 Å². The molecule has 0 radical (unpaired) electrons. The SMILES string of the molecule is NCCCSOS(=O)(=O)O. The number of rotatable bonds is 5. The highest BCUT2D eigenvalue weighted by molar-refractivity contribution is 8.02. The smallest absolute Gasteiger partial charge is 0.330 e. The van der Waals surface area contributed by atoms with Crippen LogP contribution in [0.25, 0.3) is 0 Å². The Labute approximate surface area is 64.1 Å². The van der Waals surface area contributed by atoms with E-state index in [0.717, 1.165) is 0 Å². The number of hydrogen-bond acceptors (Lipinski definition) is 5. The van der Waals surface area contributed by atoms with Gasteiger partial charge in [0.1, 0.15) is 0 Å². The van der Waals surface area contributed by atoms with Gasteiger partial charge in [-0.1, -0.05) is 0 Å². The maximum Gasteiger partial charge on any atom is 0.408 e. The van der Waals surface area contributed by atoms with Crippen molar-refractivity contribution >= 4 is 22.4 Å². The summed E-state index contributed by atoms with van der Waals surface area (Å²) in [7, 11) is -4.28. The molecule has 0 saturated carbocycles. The largest absolute Gasteiger partial charge is 0.408 e. The van der Waals surface area contributed by atoms with Gasteiger partial charge in [-0.2, -0.15) is 12.0 Å². The average Bonchev–Trinajstić information content (AvgIpc) is 1.78. The van der Waals surface area contributed by atoms with E-state index in [4.69, 9.17) is 10.3 Å². The maximum atomic E-state index is 9.88. The number of nitrogens with two attached hydrogens (primary N) is 1. The van der Waals surface area contributed by atoms with E-state index >= 15 is 0 Å². The molecule has 0 heterocycles. The zero-order valence-electron chi connectivity index (χ0n) is 5.19. The molecule has 0 aliphatic rings. The predicted octanol–water partition coefficient (Wildman–Crippen LogP) is -0.197. The lowest BCUT2D eigenvalue weighted by atomic mass is 10.5. The predicted molar refractivity (Wildman–Crippen MR) is 38.8 cm³/mol. The third-order valence-corrected chi connectivity index (χ3v) is 2.09. The van der Waals surface area contributed by atoms with Crippen LogP contribution < -0.4 is 5.73 Å². The zero-order chi connectivity index (χ0) is 8.04. The van der Waals surface area contributed by atoms with Gasteiger partial charge in [0.25, 0.3) is 0 Å². The van der Waals surface area contributed by atoms with Crippen molar-refractivity contribution in [3.8, 4) is 0 Å². The van der Waals surface area contributed by atoms with Gasteiger partial charge < -0.3 is 5.73 Å². The maximum absolute atomic E-state index is 9.88. The van der Waals surface area contributed by atoms with Crippen molar-refractivity contribution in [3.05, 3.63) is 0 Å². The van der Waals surface area contributed by atoms with Gasteiger partial charge in [-0.25, -0.2) is 0 Å². The molecule has 10 heavy (non-hydrogen) atoms. The zero-order valence-corrected chi connectivity index (χ0v) is 6.82. The number of hydrogen-bond donors (Lipinski definition) is 2. The summed E-state index contributed by atoms with van der Waals surface area (Å²) in [6, 6.07) is 0.